The summed E-state index contributed by atoms with van der Waals surface area (Å²) in [5, 5.41) is 34.7. The molecule has 2 aromatic rings. The normalized spacial score (nSPS) is 21.6. The number of fused-ring (bicyclic) bond motifs is 1. The molecule has 1 saturated heterocycles. The number of aromatic nitrogens is 4. The molecular weight excluding hydrogens is 877 g/mol. The number of phosphoric ester groups is 3. The standard InChI is InChI=1S/C28H47N8O19P3S/c1-28(2,23(42)26(43)32-7-6-17(37)31-8-9-59-19(40)10-15(29)4-3-5-18(38)39)12-52-58(49,50)55-57(47,48)51-11-16-22(54-56(44,45)46)21(41)27(53-16)36-14-35-20-24(30)33-13-34-25(20)36/h13-16,21-23,27,41-42H,3-12,29H2,1-2H3,(H,31,37)(H,32,43)(H,38,39)(H,47,48)(H,49,50)(H2,30,33,34)(H2,44,45,46)/t15?,16-,21-,22-,23+,27-/m1/s1. The number of hydrogen-bond acceptors (Lipinski definition) is 20. The molecule has 2 amide bonds. The minimum Gasteiger partial charge on any atom is -0.481 e. The molecule has 3 rings (SSSR count). The number of nitrogens with one attached hydrogen (secondary N) is 2. The van der Waals surface area contributed by atoms with Crippen LogP contribution in [0.5, 0.6) is 0 Å². The first-order chi connectivity index (χ1) is 27.3. The highest BCUT2D eigenvalue weighted by atomic mass is 32.2. The Balaban J connectivity index is 1.44. The maximum Gasteiger partial charge on any atom is 0.481 e. The van der Waals surface area contributed by atoms with Crippen molar-refractivity contribution >= 4 is 75.1 Å². The van der Waals surface area contributed by atoms with E-state index in [2.05, 4.69) is 34.4 Å². The lowest BCUT2D eigenvalue weighted by Gasteiger charge is -2.30. The Morgan fingerprint density at radius 1 is 1.03 bits per heavy atom. The Morgan fingerprint density at radius 2 is 1.71 bits per heavy atom. The highest BCUT2D eigenvalue weighted by Crippen LogP contribution is 2.61. The number of rotatable bonds is 25. The van der Waals surface area contributed by atoms with E-state index in [0.29, 0.717) is 12.8 Å². The van der Waals surface area contributed by atoms with E-state index in [0.717, 1.165) is 29.0 Å². The number of ether oxygens (including phenoxy) is 1. The van der Waals surface area contributed by atoms with Crippen molar-refractivity contribution in [2.45, 2.75) is 82.6 Å². The van der Waals surface area contributed by atoms with Crippen LogP contribution >= 0.6 is 35.2 Å². The van der Waals surface area contributed by atoms with Crippen molar-refractivity contribution < 1.29 is 90.4 Å². The molecule has 59 heavy (non-hydrogen) atoms. The van der Waals surface area contributed by atoms with E-state index in [-0.39, 0.29) is 60.2 Å². The molecule has 1 aliphatic heterocycles. The Labute approximate surface area is 339 Å². The van der Waals surface area contributed by atoms with E-state index in [4.69, 9.17) is 30.4 Å². The molecule has 3 unspecified atom stereocenters. The van der Waals surface area contributed by atoms with Crippen molar-refractivity contribution in [3.63, 3.8) is 0 Å². The number of thioether (sulfide) groups is 1. The van der Waals surface area contributed by atoms with Gasteiger partial charge < -0.3 is 61.7 Å². The fraction of sp³-hybridized carbons (Fsp3) is 0.679. The van der Waals surface area contributed by atoms with Crippen LogP contribution in [0.25, 0.3) is 11.2 Å². The van der Waals surface area contributed by atoms with Crippen LogP contribution in [-0.2, 0) is 55.5 Å². The second-order valence-corrected chi connectivity index (χ2v) is 18.9. The van der Waals surface area contributed by atoms with Gasteiger partial charge in [0.25, 0.3) is 0 Å². The molecule has 0 aromatic carbocycles. The Morgan fingerprint density at radius 3 is 2.37 bits per heavy atom. The first-order valence-electron chi connectivity index (χ1n) is 17.3. The largest absolute Gasteiger partial charge is 0.481 e. The van der Waals surface area contributed by atoms with Gasteiger partial charge >= 0.3 is 29.4 Å². The van der Waals surface area contributed by atoms with Crippen molar-refractivity contribution in [1.29, 1.82) is 0 Å². The molecule has 334 valence electrons. The predicted molar refractivity (Wildman–Crippen MR) is 201 cm³/mol. The summed E-state index contributed by atoms with van der Waals surface area (Å²) in [6, 6.07) is -0.484. The molecule has 0 radical (unpaired) electrons. The van der Waals surface area contributed by atoms with E-state index in [1.165, 1.54) is 13.8 Å². The number of carbonyl (C=O) groups excluding carboxylic acids is 3. The topological polar surface area (TPSA) is 427 Å². The third-order valence-electron chi connectivity index (χ3n) is 8.16. The summed E-state index contributed by atoms with van der Waals surface area (Å²) in [5.41, 5.74) is 10.0. The summed E-state index contributed by atoms with van der Waals surface area (Å²) in [5.74, 6) is -2.29. The number of aliphatic hydroxyl groups excluding tert-OH is 2. The molecule has 0 saturated carbocycles. The molecule has 31 heteroatoms. The third kappa shape index (κ3) is 16.4. The molecule has 3 heterocycles. The number of carboxylic acids is 1. The van der Waals surface area contributed by atoms with Crippen molar-refractivity contribution in [3.05, 3.63) is 12.7 Å². The molecule has 0 spiro atoms. The molecule has 1 fully saturated rings. The molecule has 2 aromatic heterocycles. The molecule has 0 aliphatic carbocycles. The minimum absolute atomic E-state index is 0.0197. The van der Waals surface area contributed by atoms with E-state index in [1.807, 2.05) is 0 Å². The number of nitrogens with zero attached hydrogens (tertiary/aromatic N) is 4. The van der Waals surface area contributed by atoms with Gasteiger partial charge in [0.2, 0.25) is 11.8 Å². The van der Waals surface area contributed by atoms with E-state index in [1.54, 1.807) is 0 Å². The van der Waals surface area contributed by atoms with Gasteiger partial charge in [-0.05, 0) is 12.8 Å². The maximum absolute atomic E-state index is 12.7. The zero-order chi connectivity index (χ0) is 44.3. The van der Waals surface area contributed by atoms with Gasteiger partial charge in [0.15, 0.2) is 22.8 Å². The Hall–Kier alpha value is -3.01. The van der Waals surface area contributed by atoms with E-state index in [9.17, 15) is 62.7 Å². The van der Waals surface area contributed by atoms with Crippen molar-refractivity contribution in [2.24, 2.45) is 11.1 Å². The quantitative estimate of drug-likeness (QED) is 0.0404. The first-order valence-corrected chi connectivity index (χ1v) is 22.8. The zero-order valence-electron chi connectivity index (χ0n) is 31.4. The maximum atomic E-state index is 12.7. The van der Waals surface area contributed by atoms with Crippen molar-refractivity contribution in [1.82, 2.24) is 30.2 Å². The number of nitrogens with two attached hydrogens (primary N) is 2. The number of aliphatic carboxylic acids is 1. The third-order valence-corrected chi connectivity index (χ3v) is 12.2. The average molecular weight is 925 g/mol. The molecule has 0 bridgehead atoms. The minimum atomic E-state index is -5.59. The fourth-order valence-electron chi connectivity index (χ4n) is 5.19. The van der Waals surface area contributed by atoms with Crippen molar-refractivity contribution in [2.75, 3.05) is 37.8 Å². The lowest BCUT2D eigenvalue weighted by atomic mass is 9.87. The van der Waals surface area contributed by atoms with Crippen LogP contribution in [0.1, 0.15) is 52.2 Å². The second-order valence-electron chi connectivity index (χ2n) is 13.5. The van der Waals surface area contributed by atoms with Gasteiger partial charge in [0, 0.05) is 49.6 Å². The van der Waals surface area contributed by atoms with Crippen LogP contribution in [-0.4, -0.2) is 140 Å². The Kier molecular flexibility index (Phi) is 18.5. The summed E-state index contributed by atoms with van der Waals surface area (Å²) in [7, 11) is -16.5. The smallest absolute Gasteiger partial charge is 0.481 e. The average Bonchev–Trinajstić information content (AvgIpc) is 3.67. The van der Waals surface area contributed by atoms with Crippen LogP contribution in [0.2, 0.25) is 0 Å². The summed E-state index contributed by atoms with van der Waals surface area (Å²) < 4.78 is 62.1. The van der Waals surface area contributed by atoms with E-state index < -0.39 is 96.6 Å². The number of amides is 2. The first kappa shape index (κ1) is 50.3. The number of hydrogen-bond donors (Lipinski definition) is 11. The number of carbonyl (C=O) groups is 4. The zero-order valence-corrected chi connectivity index (χ0v) is 34.9. The van der Waals surface area contributed by atoms with Gasteiger partial charge in [-0.3, -0.25) is 37.3 Å². The van der Waals surface area contributed by atoms with E-state index >= 15 is 0 Å². The number of imidazole rings is 1. The second kappa shape index (κ2) is 21.7. The van der Waals surface area contributed by atoms with Gasteiger partial charge in [0.05, 0.1) is 19.5 Å². The van der Waals surface area contributed by atoms with Crippen molar-refractivity contribution in [3.8, 4) is 0 Å². The molecule has 1 aliphatic rings. The molecule has 8 atom stereocenters. The fourth-order valence-corrected chi connectivity index (χ4v) is 8.78. The number of nitrogen functional groups attached to an aromatic ring is 1. The number of aliphatic hydroxyl groups is 2. The summed E-state index contributed by atoms with van der Waals surface area (Å²) in [4.78, 5) is 98.2. The molecule has 27 nitrogen and oxygen atoms in total. The lowest BCUT2D eigenvalue weighted by molar-refractivity contribution is -0.137. The number of phosphoric acid groups is 3. The highest BCUT2D eigenvalue weighted by molar-refractivity contribution is 8.13. The van der Waals surface area contributed by atoms with Gasteiger partial charge in [-0.15, -0.1) is 0 Å². The van der Waals surface area contributed by atoms with Gasteiger partial charge in [-0.25, -0.2) is 28.6 Å². The van der Waals surface area contributed by atoms with Gasteiger partial charge in [-0.1, -0.05) is 25.6 Å². The highest BCUT2D eigenvalue weighted by Gasteiger charge is 2.50. The predicted octanol–water partition coefficient (Wildman–Crippen LogP) is -1.36. The lowest BCUT2D eigenvalue weighted by Crippen LogP contribution is -2.46. The monoisotopic (exact) mass is 924 g/mol. The van der Waals surface area contributed by atoms with Crippen LogP contribution in [0.3, 0.4) is 0 Å². The van der Waals surface area contributed by atoms with Crippen LogP contribution in [0.4, 0.5) is 5.82 Å². The summed E-state index contributed by atoms with van der Waals surface area (Å²) >= 11 is 0.942. The van der Waals surface area contributed by atoms with Crippen LogP contribution in [0.15, 0.2) is 12.7 Å². The molecule has 13 N–H and O–H groups in total. The Bertz CT molecular complexity index is 1940. The SMILES string of the molecule is CC(C)(COP(=O)(O)OP(=O)(O)OC[C@H]1O[C@@H](n2cnc3c(N)ncnc32)[C@H](O)[C@@H]1OP(=O)(O)O)[C@@H](O)C(=O)NCCC(=O)NCCSC(=O)CC(N)CCCC(=O)O. The van der Waals surface area contributed by atoms with Crippen LogP contribution < -0.4 is 22.1 Å². The van der Waals surface area contributed by atoms with Gasteiger partial charge in [-0.2, -0.15) is 4.31 Å². The number of anilines is 1. The molecular formula is C28H47N8O19P3S. The summed E-state index contributed by atoms with van der Waals surface area (Å²) in [6.07, 6.45) is -6.37. The van der Waals surface area contributed by atoms with Crippen LogP contribution in [0, 0.1) is 5.41 Å². The van der Waals surface area contributed by atoms with Gasteiger partial charge in [0.1, 0.15) is 36.3 Å². The summed E-state index contributed by atoms with van der Waals surface area (Å²) in [6.45, 7) is 0.261. The number of carboxylic acid groups (broad SMARTS) is 1.